The molecule has 3 aromatic carbocycles. The topological polar surface area (TPSA) is 40.7 Å². The highest BCUT2D eigenvalue weighted by Gasteiger charge is 2.31. The van der Waals surface area contributed by atoms with Crippen molar-refractivity contribution in [3.63, 3.8) is 0 Å². The summed E-state index contributed by atoms with van der Waals surface area (Å²) < 4.78 is 11.3. The van der Waals surface area contributed by atoms with Crippen LogP contribution in [-0.4, -0.2) is 47.8 Å². The maximum atomic E-state index is 5.74. The van der Waals surface area contributed by atoms with E-state index in [2.05, 4.69) is 94.5 Å². The summed E-state index contributed by atoms with van der Waals surface area (Å²) in [5.74, 6) is 1.68. The highest BCUT2D eigenvalue weighted by atomic mass is 16.7. The molecule has 1 saturated heterocycles. The summed E-state index contributed by atoms with van der Waals surface area (Å²) in [6, 6.07) is 26.0. The first kappa shape index (κ1) is 20.3. The maximum absolute atomic E-state index is 5.74. The zero-order valence-electron chi connectivity index (χ0n) is 19.0. The Morgan fingerprint density at radius 1 is 0.848 bits per heavy atom. The van der Waals surface area contributed by atoms with E-state index in [1.54, 1.807) is 0 Å². The molecular weight excluding hydrogens is 410 g/mol. The highest BCUT2D eigenvalue weighted by molar-refractivity contribution is 5.85. The molecule has 0 radical (unpaired) electrons. The van der Waals surface area contributed by atoms with E-state index in [9.17, 15) is 0 Å². The van der Waals surface area contributed by atoms with Gasteiger partial charge in [-0.15, -0.1) is 0 Å². The van der Waals surface area contributed by atoms with Gasteiger partial charge in [0.05, 0.1) is 6.04 Å². The molecule has 1 fully saturated rings. The van der Waals surface area contributed by atoms with E-state index in [0.717, 1.165) is 44.2 Å². The molecule has 1 atom stereocenters. The molecule has 6 rings (SSSR count). The van der Waals surface area contributed by atoms with Gasteiger partial charge in [-0.1, -0.05) is 54.6 Å². The second kappa shape index (κ2) is 8.58. The third-order valence-corrected chi connectivity index (χ3v) is 6.95. The Morgan fingerprint density at radius 2 is 1.61 bits per heavy atom. The highest BCUT2D eigenvalue weighted by Crippen LogP contribution is 2.41. The fraction of sp³-hybridized carbons (Fsp3) is 0.286. The number of aromatic nitrogens is 1. The van der Waals surface area contributed by atoms with Crippen molar-refractivity contribution in [2.75, 3.05) is 33.0 Å². The first-order valence-corrected chi connectivity index (χ1v) is 11.7. The minimum absolute atomic E-state index is 0.162. The maximum Gasteiger partial charge on any atom is 0.231 e. The lowest BCUT2D eigenvalue weighted by Gasteiger charge is -2.40. The first-order chi connectivity index (χ1) is 16.3. The number of ether oxygens (including phenoxy) is 2. The average molecular weight is 440 g/mol. The van der Waals surface area contributed by atoms with Crippen molar-refractivity contribution in [3.05, 3.63) is 95.2 Å². The second-order valence-corrected chi connectivity index (χ2v) is 9.02. The van der Waals surface area contributed by atoms with E-state index in [4.69, 9.17) is 9.47 Å². The predicted octanol–water partition coefficient (Wildman–Crippen LogP) is 5.11. The molecule has 0 spiro atoms. The summed E-state index contributed by atoms with van der Waals surface area (Å²) >= 11 is 0. The van der Waals surface area contributed by atoms with Crippen molar-refractivity contribution in [2.45, 2.75) is 19.5 Å². The number of hydrogen-bond donors (Lipinski definition) is 1. The Morgan fingerprint density at radius 3 is 2.45 bits per heavy atom. The summed E-state index contributed by atoms with van der Waals surface area (Å²) in [4.78, 5) is 8.80. The molecule has 2 aliphatic rings. The van der Waals surface area contributed by atoms with E-state index in [1.807, 2.05) is 0 Å². The van der Waals surface area contributed by atoms with E-state index in [-0.39, 0.29) is 6.04 Å². The van der Waals surface area contributed by atoms with Gasteiger partial charge in [-0.05, 0) is 36.2 Å². The lowest BCUT2D eigenvalue weighted by Crippen LogP contribution is -2.47. The molecule has 168 valence electrons. The standard InChI is InChI=1S/C28H29N3O2/c1-20-27(23-9-5-6-10-24(23)29-20)28(22-11-12-25-26(17-22)33-19-32-25)31-15-13-30(14-16-31)18-21-7-3-2-4-8-21/h2-12,17,28-29H,13-16,18-19H2,1H3/t28-/m1/s1. The van der Waals surface area contributed by atoms with Gasteiger partial charge < -0.3 is 14.5 Å². The second-order valence-electron chi connectivity index (χ2n) is 9.02. The van der Waals surface area contributed by atoms with Crippen LogP contribution in [0.3, 0.4) is 0 Å². The summed E-state index contributed by atoms with van der Waals surface area (Å²) in [5.41, 5.74) is 6.42. The van der Waals surface area contributed by atoms with Crippen molar-refractivity contribution in [1.82, 2.24) is 14.8 Å². The molecule has 1 aromatic heterocycles. The van der Waals surface area contributed by atoms with Gasteiger partial charge in [0, 0.05) is 54.9 Å². The molecule has 0 aliphatic carbocycles. The molecular formula is C28H29N3O2. The molecule has 0 bridgehead atoms. The zero-order chi connectivity index (χ0) is 22.2. The van der Waals surface area contributed by atoms with E-state index < -0.39 is 0 Å². The van der Waals surface area contributed by atoms with Gasteiger partial charge in [0.25, 0.3) is 0 Å². The lowest BCUT2D eigenvalue weighted by atomic mass is 9.93. The Balaban J connectivity index is 1.33. The average Bonchev–Trinajstić information content (AvgIpc) is 3.45. The third-order valence-electron chi connectivity index (χ3n) is 6.95. The number of aromatic amines is 1. The lowest BCUT2D eigenvalue weighted by molar-refractivity contribution is 0.105. The third kappa shape index (κ3) is 3.88. The van der Waals surface area contributed by atoms with Crippen molar-refractivity contribution >= 4 is 10.9 Å². The number of hydrogen-bond acceptors (Lipinski definition) is 4. The minimum atomic E-state index is 0.162. The van der Waals surface area contributed by atoms with Crippen LogP contribution in [0.1, 0.15) is 28.4 Å². The van der Waals surface area contributed by atoms with Gasteiger partial charge in [-0.25, -0.2) is 0 Å². The Hall–Kier alpha value is -3.28. The Kier molecular flexibility index (Phi) is 5.29. The minimum Gasteiger partial charge on any atom is -0.454 e. The number of benzene rings is 3. The molecule has 5 heteroatoms. The van der Waals surface area contributed by atoms with E-state index in [1.165, 1.54) is 33.3 Å². The first-order valence-electron chi connectivity index (χ1n) is 11.7. The fourth-order valence-corrected chi connectivity index (χ4v) is 5.32. The van der Waals surface area contributed by atoms with Crippen LogP contribution in [0.25, 0.3) is 10.9 Å². The number of nitrogens with one attached hydrogen (secondary N) is 1. The normalized spacial score (nSPS) is 17.5. The van der Waals surface area contributed by atoms with Gasteiger partial charge in [-0.3, -0.25) is 9.80 Å². The van der Waals surface area contributed by atoms with Crippen molar-refractivity contribution in [3.8, 4) is 11.5 Å². The molecule has 33 heavy (non-hydrogen) atoms. The number of para-hydroxylation sites is 1. The number of rotatable bonds is 5. The molecule has 2 aliphatic heterocycles. The van der Waals surface area contributed by atoms with Crippen LogP contribution in [0.4, 0.5) is 0 Å². The van der Waals surface area contributed by atoms with Gasteiger partial charge >= 0.3 is 0 Å². The van der Waals surface area contributed by atoms with Gasteiger partial charge in [0.1, 0.15) is 0 Å². The van der Waals surface area contributed by atoms with Crippen LogP contribution in [0.5, 0.6) is 11.5 Å². The quantitative estimate of drug-likeness (QED) is 0.469. The van der Waals surface area contributed by atoms with Crippen LogP contribution >= 0.6 is 0 Å². The van der Waals surface area contributed by atoms with Gasteiger partial charge in [-0.2, -0.15) is 0 Å². The molecule has 0 amide bonds. The molecule has 5 nitrogen and oxygen atoms in total. The van der Waals surface area contributed by atoms with Crippen LogP contribution in [0, 0.1) is 6.92 Å². The summed E-state index contributed by atoms with van der Waals surface area (Å²) in [7, 11) is 0. The van der Waals surface area contributed by atoms with Crippen molar-refractivity contribution in [1.29, 1.82) is 0 Å². The monoisotopic (exact) mass is 439 g/mol. The molecule has 0 unspecified atom stereocenters. The molecule has 4 aromatic rings. The molecule has 1 N–H and O–H groups in total. The SMILES string of the molecule is Cc1[nH]c2ccccc2c1[C@@H](c1ccc2c(c1)OCO2)N1CCN(Cc2ccccc2)CC1. The predicted molar refractivity (Wildman–Crippen MR) is 131 cm³/mol. The zero-order valence-corrected chi connectivity index (χ0v) is 19.0. The van der Waals surface area contributed by atoms with E-state index >= 15 is 0 Å². The number of piperazine rings is 1. The number of H-pyrrole nitrogens is 1. The number of fused-ring (bicyclic) bond motifs is 2. The van der Waals surface area contributed by atoms with Gasteiger partial charge in [0.2, 0.25) is 6.79 Å². The fourth-order valence-electron chi connectivity index (χ4n) is 5.32. The van der Waals surface area contributed by atoms with Crippen molar-refractivity contribution < 1.29 is 9.47 Å². The number of aryl methyl sites for hydroxylation is 1. The largest absolute Gasteiger partial charge is 0.454 e. The van der Waals surface area contributed by atoms with Crippen molar-refractivity contribution in [2.24, 2.45) is 0 Å². The van der Waals surface area contributed by atoms with Crippen LogP contribution in [0.15, 0.2) is 72.8 Å². The van der Waals surface area contributed by atoms with Crippen LogP contribution < -0.4 is 9.47 Å². The molecule has 0 saturated carbocycles. The smallest absolute Gasteiger partial charge is 0.231 e. The van der Waals surface area contributed by atoms with Gasteiger partial charge in [0.15, 0.2) is 11.5 Å². The van der Waals surface area contributed by atoms with Crippen LogP contribution in [-0.2, 0) is 6.54 Å². The summed E-state index contributed by atoms with van der Waals surface area (Å²) in [5, 5.41) is 1.30. The summed E-state index contributed by atoms with van der Waals surface area (Å²) in [6.45, 7) is 7.65. The Labute approximate surface area is 194 Å². The number of nitrogens with zero attached hydrogens (tertiary/aromatic N) is 2. The Bertz CT molecular complexity index is 1260. The summed E-state index contributed by atoms with van der Waals surface area (Å²) in [6.07, 6.45) is 0. The van der Waals surface area contributed by atoms with Crippen LogP contribution in [0.2, 0.25) is 0 Å². The van der Waals surface area contributed by atoms with E-state index in [0.29, 0.717) is 6.79 Å². The molecule has 3 heterocycles.